The fourth-order valence-electron chi connectivity index (χ4n) is 3.83. The molecule has 31 heavy (non-hydrogen) atoms. The number of nitrogens with zero attached hydrogens (tertiary/aromatic N) is 2. The van der Waals surface area contributed by atoms with Crippen molar-refractivity contribution in [3.05, 3.63) is 71.3 Å². The van der Waals surface area contributed by atoms with Crippen molar-refractivity contribution >= 4 is 23.8 Å². The number of carbonyl (C=O) groups excluding carboxylic acids is 1. The number of carbonyl (C=O) groups is 2. The predicted molar refractivity (Wildman–Crippen MR) is 118 cm³/mol. The van der Waals surface area contributed by atoms with Crippen molar-refractivity contribution in [3.8, 4) is 0 Å². The van der Waals surface area contributed by atoms with Gasteiger partial charge in [-0.3, -0.25) is 9.80 Å². The molecule has 4 rings (SSSR count). The molecule has 2 aliphatic rings. The van der Waals surface area contributed by atoms with Gasteiger partial charge in [-0.25, -0.2) is 9.59 Å². The lowest BCUT2D eigenvalue weighted by molar-refractivity contribution is -0.141. The molecular weight excluding hydrogens is 416 g/mol. The summed E-state index contributed by atoms with van der Waals surface area (Å²) in [6.07, 6.45) is -0.607. The highest BCUT2D eigenvalue weighted by molar-refractivity contribution is 7.99. The third kappa shape index (κ3) is 5.39. The Bertz CT molecular complexity index is 904. The fraction of sp³-hybridized carbons (Fsp3) is 0.391. The van der Waals surface area contributed by atoms with E-state index in [0.717, 1.165) is 49.5 Å². The minimum atomic E-state index is -1.02. The van der Waals surface area contributed by atoms with Crippen LogP contribution in [0.25, 0.3) is 0 Å². The quantitative estimate of drug-likeness (QED) is 0.735. The maximum absolute atomic E-state index is 12.9. The Kier molecular flexibility index (Phi) is 7.11. The van der Waals surface area contributed by atoms with Crippen molar-refractivity contribution in [1.29, 1.82) is 0 Å². The summed E-state index contributed by atoms with van der Waals surface area (Å²) in [5, 5.41) is 9.28. The summed E-state index contributed by atoms with van der Waals surface area (Å²) < 4.78 is 10.9. The second-order valence-corrected chi connectivity index (χ2v) is 8.73. The van der Waals surface area contributed by atoms with Gasteiger partial charge in [0.1, 0.15) is 18.0 Å². The van der Waals surface area contributed by atoms with E-state index in [0.29, 0.717) is 5.75 Å². The van der Waals surface area contributed by atoms with Crippen molar-refractivity contribution in [2.45, 2.75) is 24.6 Å². The fourth-order valence-corrected chi connectivity index (χ4v) is 5.23. The highest BCUT2D eigenvalue weighted by atomic mass is 32.2. The Morgan fingerprint density at radius 1 is 1.06 bits per heavy atom. The molecule has 0 aromatic heterocycles. The first-order valence-corrected chi connectivity index (χ1v) is 11.4. The average molecular weight is 443 g/mol. The number of thioether (sulfide) groups is 1. The van der Waals surface area contributed by atoms with Gasteiger partial charge in [-0.15, -0.1) is 11.8 Å². The smallest absolute Gasteiger partial charge is 0.412 e. The molecule has 1 N–H and O–H groups in total. The Balaban J connectivity index is 1.49. The molecule has 0 saturated carbocycles. The number of morpholine rings is 1. The molecule has 0 bridgehead atoms. The molecule has 0 radical (unpaired) electrons. The largest absolute Gasteiger partial charge is 0.480 e. The number of rotatable bonds is 6. The van der Waals surface area contributed by atoms with Crippen LogP contribution in [0.15, 0.2) is 54.6 Å². The Hall–Kier alpha value is -2.55. The van der Waals surface area contributed by atoms with Crippen molar-refractivity contribution in [3.63, 3.8) is 0 Å². The van der Waals surface area contributed by atoms with Gasteiger partial charge in [0.05, 0.1) is 13.2 Å². The molecular formula is C23H26N2O5S. The summed E-state index contributed by atoms with van der Waals surface area (Å²) in [5.74, 6) is -0.690. The highest BCUT2D eigenvalue weighted by Crippen LogP contribution is 2.42. The number of benzene rings is 2. The first-order valence-electron chi connectivity index (χ1n) is 10.3. The standard InChI is InChI=1S/C23H26N2O5S/c26-22(27)20-16-31-21(25(20)23(28)30-15-17-5-2-1-3-6-17)19-8-4-7-18(13-19)14-24-9-11-29-12-10-24/h1-8,13,20-21H,9-12,14-16H2,(H,26,27). The third-order valence-corrected chi connectivity index (χ3v) is 6.77. The second-order valence-electron chi connectivity index (χ2n) is 7.62. The molecule has 8 heteroatoms. The van der Waals surface area contributed by atoms with E-state index in [1.165, 1.54) is 16.7 Å². The summed E-state index contributed by atoms with van der Waals surface area (Å²) in [6, 6.07) is 16.5. The van der Waals surface area contributed by atoms with Crippen LogP contribution < -0.4 is 0 Å². The lowest BCUT2D eigenvalue weighted by atomic mass is 10.1. The topological polar surface area (TPSA) is 79.3 Å². The van der Waals surface area contributed by atoms with Gasteiger partial charge in [0.15, 0.2) is 0 Å². The van der Waals surface area contributed by atoms with Crippen molar-refractivity contribution in [2.75, 3.05) is 32.1 Å². The normalized spacial score (nSPS) is 21.7. The number of ether oxygens (including phenoxy) is 2. The van der Waals surface area contributed by atoms with Crippen molar-refractivity contribution in [1.82, 2.24) is 9.80 Å². The number of amides is 1. The van der Waals surface area contributed by atoms with E-state index < -0.39 is 23.5 Å². The minimum Gasteiger partial charge on any atom is -0.480 e. The van der Waals surface area contributed by atoms with Gasteiger partial charge < -0.3 is 14.6 Å². The van der Waals surface area contributed by atoms with Crippen LogP contribution in [0.4, 0.5) is 4.79 Å². The Morgan fingerprint density at radius 2 is 1.81 bits per heavy atom. The predicted octanol–water partition coefficient (Wildman–Crippen LogP) is 3.36. The van der Waals surface area contributed by atoms with E-state index in [2.05, 4.69) is 17.0 Å². The first-order chi connectivity index (χ1) is 15.1. The summed E-state index contributed by atoms with van der Waals surface area (Å²) in [7, 11) is 0. The van der Waals surface area contributed by atoms with Crippen LogP contribution in [0, 0.1) is 0 Å². The van der Waals surface area contributed by atoms with E-state index >= 15 is 0 Å². The molecule has 2 aromatic carbocycles. The molecule has 0 aliphatic carbocycles. The maximum atomic E-state index is 12.9. The van der Waals surface area contributed by atoms with Crippen LogP contribution in [0.2, 0.25) is 0 Å². The molecule has 2 fully saturated rings. The number of hydrogen-bond donors (Lipinski definition) is 1. The van der Waals surface area contributed by atoms with E-state index in [9.17, 15) is 14.7 Å². The molecule has 2 saturated heterocycles. The summed E-state index contributed by atoms with van der Waals surface area (Å²) in [4.78, 5) is 28.4. The van der Waals surface area contributed by atoms with Crippen LogP contribution in [0.5, 0.6) is 0 Å². The van der Waals surface area contributed by atoms with Crippen LogP contribution in [-0.2, 0) is 27.4 Å². The van der Waals surface area contributed by atoms with Gasteiger partial charge in [-0.1, -0.05) is 54.6 Å². The van der Waals surface area contributed by atoms with Gasteiger partial charge in [-0.2, -0.15) is 0 Å². The van der Waals surface area contributed by atoms with Crippen molar-refractivity contribution in [2.24, 2.45) is 0 Å². The highest BCUT2D eigenvalue weighted by Gasteiger charge is 2.43. The molecule has 164 valence electrons. The second kappa shape index (κ2) is 10.2. The van der Waals surface area contributed by atoms with Gasteiger partial charge in [0.25, 0.3) is 0 Å². The zero-order valence-corrected chi connectivity index (χ0v) is 18.0. The van der Waals surface area contributed by atoms with Gasteiger partial charge >= 0.3 is 12.1 Å². The number of hydrogen-bond acceptors (Lipinski definition) is 6. The number of carboxylic acids is 1. The van der Waals surface area contributed by atoms with E-state index in [1.54, 1.807) is 0 Å². The van der Waals surface area contributed by atoms with Gasteiger partial charge in [0.2, 0.25) is 0 Å². The van der Waals surface area contributed by atoms with E-state index in [-0.39, 0.29) is 6.61 Å². The molecule has 2 unspecified atom stereocenters. The molecule has 2 aliphatic heterocycles. The van der Waals surface area contributed by atoms with Crippen LogP contribution in [0.3, 0.4) is 0 Å². The lowest BCUT2D eigenvalue weighted by Crippen LogP contribution is -2.43. The van der Waals surface area contributed by atoms with Crippen LogP contribution in [-0.4, -0.2) is 65.1 Å². The number of carboxylic acid groups (broad SMARTS) is 1. The first kappa shape index (κ1) is 21.7. The maximum Gasteiger partial charge on any atom is 0.412 e. The zero-order chi connectivity index (χ0) is 21.6. The Morgan fingerprint density at radius 3 is 2.55 bits per heavy atom. The molecule has 0 spiro atoms. The molecule has 2 atom stereocenters. The summed E-state index contributed by atoms with van der Waals surface area (Å²) >= 11 is 1.46. The SMILES string of the molecule is O=C(O)C1CSC(c2cccc(CN3CCOCC3)c2)N1C(=O)OCc1ccccc1. The molecule has 1 amide bonds. The minimum absolute atomic E-state index is 0.108. The number of aliphatic carboxylic acids is 1. The van der Waals surface area contributed by atoms with Gasteiger partial charge in [-0.05, 0) is 16.7 Å². The lowest BCUT2D eigenvalue weighted by Gasteiger charge is -2.28. The molecule has 2 aromatic rings. The van der Waals surface area contributed by atoms with Crippen LogP contribution in [0.1, 0.15) is 22.1 Å². The van der Waals surface area contributed by atoms with Crippen LogP contribution >= 0.6 is 11.8 Å². The molecule has 2 heterocycles. The van der Waals surface area contributed by atoms with Crippen molar-refractivity contribution < 1.29 is 24.2 Å². The Labute approximate surface area is 185 Å². The zero-order valence-electron chi connectivity index (χ0n) is 17.2. The third-order valence-electron chi connectivity index (χ3n) is 5.45. The van der Waals surface area contributed by atoms with E-state index in [1.807, 2.05) is 42.5 Å². The van der Waals surface area contributed by atoms with Gasteiger partial charge in [0, 0.05) is 25.4 Å². The monoisotopic (exact) mass is 442 g/mol. The summed E-state index contributed by atoms with van der Waals surface area (Å²) in [5.41, 5.74) is 2.91. The molecule has 7 nitrogen and oxygen atoms in total. The summed E-state index contributed by atoms with van der Waals surface area (Å²) in [6.45, 7) is 4.16. The van der Waals surface area contributed by atoms with E-state index in [4.69, 9.17) is 9.47 Å². The average Bonchev–Trinajstić information content (AvgIpc) is 3.25.